The standard InChI is InChI=1S/C15H12ClN3O/c16-12-7-6-11(9-17)14(8-12)19-15(20)10-18-13-4-2-1-3-5-13/h1-8,18H,10H2,(H,19,20). The number of para-hydroxylation sites is 1. The minimum absolute atomic E-state index is 0.112. The summed E-state index contributed by atoms with van der Waals surface area (Å²) in [6, 6.07) is 16.1. The van der Waals surface area contributed by atoms with Crippen LogP contribution in [0.5, 0.6) is 0 Å². The second-order valence-corrected chi connectivity index (χ2v) is 4.51. The van der Waals surface area contributed by atoms with Gasteiger partial charge in [0.1, 0.15) is 6.07 Å². The number of rotatable bonds is 4. The van der Waals surface area contributed by atoms with E-state index in [1.54, 1.807) is 18.2 Å². The van der Waals surface area contributed by atoms with Crippen molar-refractivity contribution in [3.8, 4) is 6.07 Å². The third-order valence-electron chi connectivity index (χ3n) is 2.60. The van der Waals surface area contributed by atoms with Gasteiger partial charge in [0, 0.05) is 10.7 Å². The smallest absolute Gasteiger partial charge is 0.243 e. The van der Waals surface area contributed by atoms with E-state index in [0.29, 0.717) is 16.3 Å². The Bertz CT molecular complexity index is 650. The molecule has 0 spiro atoms. The van der Waals surface area contributed by atoms with Gasteiger partial charge in [-0.1, -0.05) is 29.8 Å². The molecule has 2 aromatic carbocycles. The number of benzene rings is 2. The van der Waals surface area contributed by atoms with Crippen LogP contribution in [0, 0.1) is 11.3 Å². The van der Waals surface area contributed by atoms with Crippen LogP contribution in [0.4, 0.5) is 11.4 Å². The molecule has 0 bridgehead atoms. The number of nitrogens with one attached hydrogen (secondary N) is 2. The highest BCUT2D eigenvalue weighted by atomic mass is 35.5. The Morgan fingerprint density at radius 2 is 1.95 bits per heavy atom. The van der Waals surface area contributed by atoms with Gasteiger partial charge in [-0.3, -0.25) is 4.79 Å². The van der Waals surface area contributed by atoms with Crippen LogP contribution in [0.3, 0.4) is 0 Å². The van der Waals surface area contributed by atoms with Gasteiger partial charge < -0.3 is 10.6 Å². The number of anilines is 2. The Hall–Kier alpha value is -2.51. The van der Waals surface area contributed by atoms with Crippen molar-refractivity contribution in [1.82, 2.24) is 0 Å². The van der Waals surface area contributed by atoms with Gasteiger partial charge in [-0.2, -0.15) is 5.26 Å². The first-order valence-corrected chi connectivity index (χ1v) is 6.35. The van der Waals surface area contributed by atoms with E-state index in [0.717, 1.165) is 5.69 Å². The van der Waals surface area contributed by atoms with Gasteiger partial charge in [0.25, 0.3) is 0 Å². The predicted octanol–water partition coefficient (Wildman–Crippen LogP) is 3.26. The molecule has 0 heterocycles. The molecule has 0 aliphatic rings. The van der Waals surface area contributed by atoms with E-state index < -0.39 is 0 Å². The second kappa shape index (κ2) is 6.60. The highest BCUT2D eigenvalue weighted by Gasteiger charge is 2.07. The molecule has 2 aromatic rings. The molecular weight excluding hydrogens is 274 g/mol. The van der Waals surface area contributed by atoms with E-state index in [9.17, 15) is 4.79 Å². The number of nitrogens with zero attached hydrogens (tertiary/aromatic N) is 1. The number of carbonyl (C=O) groups is 1. The normalized spacial score (nSPS) is 9.60. The molecule has 1 amide bonds. The van der Waals surface area contributed by atoms with Crippen LogP contribution in [0.1, 0.15) is 5.56 Å². The Morgan fingerprint density at radius 1 is 1.20 bits per heavy atom. The summed E-state index contributed by atoms with van der Waals surface area (Å²) in [6.07, 6.45) is 0. The SMILES string of the molecule is N#Cc1ccc(Cl)cc1NC(=O)CNc1ccccc1. The Morgan fingerprint density at radius 3 is 2.65 bits per heavy atom. The van der Waals surface area contributed by atoms with Gasteiger partial charge in [0.2, 0.25) is 5.91 Å². The number of carbonyl (C=O) groups excluding carboxylic acids is 1. The van der Waals surface area contributed by atoms with E-state index in [-0.39, 0.29) is 12.5 Å². The van der Waals surface area contributed by atoms with Gasteiger partial charge in [0.05, 0.1) is 17.8 Å². The summed E-state index contributed by atoms with van der Waals surface area (Å²) < 4.78 is 0. The fourth-order valence-corrected chi connectivity index (χ4v) is 1.82. The van der Waals surface area contributed by atoms with Gasteiger partial charge >= 0.3 is 0 Å². The maximum absolute atomic E-state index is 11.8. The fraction of sp³-hybridized carbons (Fsp3) is 0.0667. The first kappa shape index (κ1) is 13.9. The molecule has 0 aromatic heterocycles. The van der Waals surface area contributed by atoms with Crippen LogP contribution in [-0.2, 0) is 4.79 Å². The van der Waals surface area contributed by atoms with Crippen LogP contribution in [0.25, 0.3) is 0 Å². The average molecular weight is 286 g/mol. The van der Waals surface area contributed by atoms with Crippen LogP contribution in [0.15, 0.2) is 48.5 Å². The predicted molar refractivity (Wildman–Crippen MR) is 79.7 cm³/mol. The molecule has 5 heteroatoms. The summed E-state index contributed by atoms with van der Waals surface area (Å²) in [5.41, 5.74) is 1.65. The lowest BCUT2D eigenvalue weighted by Crippen LogP contribution is -2.22. The second-order valence-electron chi connectivity index (χ2n) is 4.07. The highest BCUT2D eigenvalue weighted by molar-refractivity contribution is 6.31. The van der Waals surface area contributed by atoms with Gasteiger partial charge in [-0.05, 0) is 30.3 Å². The van der Waals surface area contributed by atoms with E-state index in [2.05, 4.69) is 10.6 Å². The van der Waals surface area contributed by atoms with Gasteiger partial charge in [-0.15, -0.1) is 0 Å². The first-order chi connectivity index (χ1) is 9.69. The zero-order valence-electron chi connectivity index (χ0n) is 10.6. The average Bonchev–Trinajstić information content (AvgIpc) is 2.46. The van der Waals surface area contributed by atoms with E-state index >= 15 is 0 Å². The molecule has 0 atom stereocenters. The van der Waals surface area contributed by atoms with Crippen molar-refractivity contribution in [3.63, 3.8) is 0 Å². The lowest BCUT2D eigenvalue weighted by Gasteiger charge is -2.09. The van der Waals surface area contributed by atoms with Gasteiger partial charge in [0.15, 0.2) is 0 Å². The minimum Gasteiger partial charge on any atom is -0.376 e. The number of hydrogen-bond donors (Lipinski definition) is 2. The monoisotopic (exact) mass is 285 g/mol. The van der Waals surface area contributed by atoms with Crippen LogP contribution in [0.2, 0.25) is 5.02 Å². The molecule has 0 unspecified atom stereocenters. The fourth-order valence-electron chi connectivity index (χ4n) is 1.65. The lowest BCUT2D eigenvalue weighted by molar-refractivity contribution is -0.114. The summed E-state index contributed by atoms with van der Waals surface area (Å²) in [6.45, 7) is 0.112. The first-order valence-electron chi connectivity index (χ1n) is 5.97. The molecule has 4 nitrogen and oxygen atoms in total. The maximum atomic E-state index is 11.8. The largest absolute Gasteiger partial charge is 0.376 e. The van der Waals surface area contributed by atoms with Crippen molar-refractivity contribution < 1.29 is 4.79 Å². The van der Waals surface area contributed by atoms with Crippen LogP contribution in [-0.4, -0.2) is 12.5 Å². The van der Waals surface area contributed by atoms with Crippen molar-refractivity contribution in [2.45, 2.75) is 0 Å². The highest BCUT2D eigenvalue weighted by Crippen LogP contribution is 2.20. The topological polar surface area (TPSA) is 64.9 Å². The van der Waals surface area contributed by atoms with Crippen molar-refractivity contribution >= 4 is 28.9 Å². The van der Waals surface area contributed by atoms with Crippen LogP contribution < -0.4 is 10.6 Å². The number of amides is 1. The maximum Gasteiger partial charge on any atom is 0.243 e. The summed E-state index contributed by atoms with van der Waals surface area (Å²) in [5, 5.41) is 15.1. The van der Waals surface area contributed by atoms with Crippen LogP contribution >= 0.6 is 11.6 Å². The molecule has 0 fully saturated rings. The summed E-state index contributed by atoms with van der Waals surface area (Å²) >= 11 is 5.85. The van der Waals surface area contributed by atoms with Crippen molar-refractivity contribution in [2.75, 3.05) is 17.2 Å². The summed E-state index contributed by atoms with van der Waals surface area (Å²) in [5.74, 6) is -0.243. The number of halogens is 1. The summed E-state index contributed by atoms with van der Waals surface area (Å²) in [4.78, 5) is 11.8. The zero-order chi connectivity index (χ0) is 14.4. The lowest BCUT2D eigenvalue weighted by atomic mass is 10.2. The molecule has 0 saturated carbocycles. The van der Waals surface area contributed by atoms with Crippen molar-refractivity contribution in [3.05, 3.63) is 59.1 Å². The van der Waals surface area contributed by atoms with E-state index in [4.69, 9.17) is 16.9 Å². The number of nitriles is 1. The van der Waals surface area contributed by atoms with Gasteiger partial charge in [-0.25, -0.2) is 0 Å². The Balaban J connectivity index is 1.98. The molecule has 20 heavy (non-hydrogen) atoms. The molecule has 2 N–H and O–H groups in total. The molecule has 0 aliphatic carbocycles. The molecule has 2 rings (SSSR count). The third-order valence-corrected chi connectivity index (χ3v) is 2.84. The van der Waals surface area contributed by atoms with E-state index in [1.807, 2.05) is 36.4 Å². The molecule has 100 valence electrons. The molecule has 0 saturated heterocycles. The van der Waals surface area contributed by atoms with Crippen molar-refractivity contribution in [1.29, 1.82) is 5.26 Å². The zero-order valence-corrected chi connectivity index (χ0v) is 11.3. The number of hydrogen-bond acceptors (Lipinski definition) is 3. The Kier molecular flexibility index (Phi) is 4.59. The quantitative estimate of drug-likeness (QED) is 0.906. The molecular formula is C15H12ClN3O. The molecule has 0 aliphatic heterocycles. The summed E-state index contributed by atoms with van der Waals surface area (Å²) in [7, 11) is 0. The van der Waals surface area contributed by atoms with Crippen molar-refractivity contribution in [2.24, 2.45) is 0 Å². The minimum atomic E-state index is -0.243. The third kappa shape index (κ3) is 3.74. The Labute approximate surface area is 122 Å². The molecule has 0 radical (unpaired) electrons. The van der Waals surface area contributed by atoms with E-state index in [1.165, 1.54) is 0 Å².